The highest BCUT2D eigenvalue weighted by atomic mass is 16.2. The molecular weight excluding hydrogens is 132 g/mol. The van der Waals surface area contributed by atoms with Crippen LogP contribution < -0.4 is 0 Å². The molecule has 1 aliphatic rings. The van der Waals surface area contributed by atoms with Crippen LogP contribution in [0.1, 0.15) is 12.8 Å². The van der Waals surface area contributed by atoms with Gasteiger partial charge in [0.25, 0.3) is 0 Å². The molecule has 0 radical (unpaired) electrons. The van der Waals surface area contributed by atoms with Crippen molar-refractivity contribution >= 4 is 11.8 Å². The molecule has 0 spiro atoms. The fourth-order valence-electron chi connectivity index (χ4n) is 0.870. The molecule has 0 saturated carbocycles. The molecule has 1 aliphatic heterocycles. The molecule has 0 aromatic carbocycles. The summed E-state index contributed by atoms with van der Waals surface area (Å²) in [5.41, 5.74) is 0. The van der Waals surface area contributed by atoms with E-state index in [2.05, 4.69) is 0 Å². The van der Waals surface area contributed by atoms with E-state index in [0.717, 1.165) is 4.90 Å². The predicted octanol–water partition coefficient (Wildman–Crippen LogP) is -0.341. The summed E-state index contributed by atoms with van der Waals surface area (Å²) in [6.07, 6.45) is 0.529. The number of rotatable bonds is 1. The lowest BCUT2D eigenvalue weighted by Gasteiger charge is -2.06. The Morgan fingerprint density at radius 3 is 2.30 bits per heavy atom. The lowest BCUT2D eigenvalue weighted by Crippen LogP contribution is -2.29. The molecule has 2 amide bonds. The van der Waals surface area contributed by atoms with E-state index in [1.807, 2.05) is 0 Å². The Bertz CT molecular complexity index is 200. The lowest BCUT2D eigenvalue weighted by molar-refractivity contribution is -0.137. The molecule has 0 unspecified atom stereocenters. The van der Waals surface area contributed by atoms with Gasteiger partial charge >= 0.3 is 0 Å². The van der Waals surface area contributed by atoms with Crippen LogP contribution in [0.2, 0.25) is 0 Å². The highest BCUT2D eigenvalue weighted by Gasteiger charge is 2.27. The van der Waals surface area contributed by atoms with E-state index in [9.17, 15) is 9.59 Å². The van der Waals surface area contributed by atoms with Crippen LogP contribution in [-0.2, 0) is 9.59 Å². The average Bonchev–Trinajstić information content (AvgIpc) is 2.20. The topological polar surface area (TPSA) is 61.2 Å². The van der Waals surface area contributed by atoms with Gasteiger partial charge in [0.05, 0.1) is 6.07 Å². The maximum Gasteiger partial charge on any atom is 0.230 e. The quantitative estimate of drug-likeness (QED) is 0.368. The predicted molar refractivity (Wildman–Crippen MR) is 31.6 cm³/mol. The van der Waals surface area contributed by atoms with Gasteiger partial charge in [-0.05, 0) is 0 Å². The molecule has 0 N–H and O–H groups in total. The highest BCUT2D eigenvalue weighted by Crippen LogP contribution is 2.09. The van der Waals surface area contributed by atoms with Crippen LogP contribution in [0.3, 0.4) is 0 Å². The van der Waals surface area contributed by atoms with E-state index in [1.165, 1.54) is 0 Å². The van der Waals surface area contributed by atoms with Crippen molar-refractivity contribution in [3.05, 3.63) is 0 Å². The zero-order valence-electron chi connectivity index (χ0n) is 5.33. The van der Waals surface area contributed by atoms with E-state index >= 15 is 0 Å². The molecule has 52 valence electrons. The third kappa shape index (κ3) is 0.982. The van der Waals surface area contributed by atoms with Crippen LogP contribution in [0, 0.1) is 11.3 Å². The summed E-state index contributed by atoms with van der Waals surface area (Å²) in [5.74, 6) is -0.460. The molecule has 0 atom stereocenters. The molecular formula is C6H6N2O2. The Labute approximate surface area is 58.0 Å². The van der Waals surface area contributed by atoms with E-state index in [4.69, 9.17) is 5.26 Å². The second kappa shape index (κ2) is 2.48. The van der Waals surface area contributed by atoms with Crippen LogP contribution in [0.15, 0.2) is 0 Å². The van der Waals surface area contributed by atoms with Crippen LogP contribution in [-0.4, -0.2) is 23.3 Å². The van der Waals surface area contributed by atoms with Gasteiger partial charge in [-0.15, -0.1) is 0 Å². The van der Waals surface area contributed by atoms with Crippen molar-refractivity contribution in [1.82, 2.24) is 4.90 Å². The van der Waals surface area contributed by atoms with Crippen molar-refractivity contribution in [2.75, 3.05) is 6.54 Å². The number of hydrogen-bond donors (Lipinski definition) is 0. The summed E-state index contributed by atoms with van der Waals surface area (Å²) in [6, 6.07) is 1.75. The van der Waals surface area contributed by atoms with Crippen molar-refractivity contribution < 1.29 is 9.59 Å². The molecule has 1 fully saturated rings. The van der Waals surface area contributed by atoms with Crippen molar-refractivity contribution in [3.63, 3.8) is 0 Å². The van der Waals surface area contributed by atoms with E-state index < -0.39 is 0 Å². The first-order valence-electron chi connectivity index (χ1n) is 2.96. The van der Waals surface area contributed by atoms with Crippen LogP contribution >= 0.6 is 0 Å². The lowest BCUT2D eigenvalue weighted by atomic mass is 10.4. The molecule has 0 aromatic heterocycles. The number of amides is 2. The summed E-state index contributed by atoms with van der Waals surface area (Å²) in [4.78, 5) is 22.4. The smallest absolute Gasteiger partial charge is 0.230 e. The Balaban J connectivity index is 2.65. The highest BCUT2D eigenvalue weighted by molar-refractivity contribution is 6.02. The normalized spacial score (nSPS) is 17.7. The molecule has 10 heavy (non-hydrogen) atoms. The first kappa shape index (κ1) is 6.75. The Hall–Kier alpha value is -1.37. The van der Waals surface area contributed by atoms with Gasteiger partial charge in [-0.3, -0.25) is 14.5 Å². The SMILES string of the molecule is N#CCN1C(=O)CCC1=O. The minimum atomic E-state index is -0.230. The van der Waals surface area contributed by atoms with Gasteiger partial charge in [0, 0.05) is 12.8 Å². The molecule has 1 saturated heterocycles. The molecule has 1 rings (SSSR count). The Morgan fingerprint density at radius 1 is 1.40 bits per heavy atom. The first-order valence-corrected chi connectivity index (χ1v) is 2.96. The van der Waals surface area contributed by atoms with Gasteiger partial charge in [-0.1, -0.05) is 0 Å². The van der Waals surface area contributed by atoms with Gasteiger partial charge < -0.3 is 0 Å². The number of carbonyl (C=O) groups is 2. The molecule has 4 heteroatoms. The number of hydrogen-bond acceptors (Lipinski definition) is 3. The first-order chi connectivity index (χ1) is 4.75. The Morgan fingerprint density at radius 2 is 1.90 bits per heavy atom. The van der Waals surface area contributed by atoms with Gasteiger partial charge in [0.15, 0.2) is 0 Å². The molecule has 0 aromatic rings. The van der Waals surface area contributed by atoms with Gasteiger partial charge in [-0.2, -0.15) is 5.26 Å². The summed E-state index contributed by atoms with van der Waals surface area (Å²) in [5, 5.41) is 8.17. The van der Waals surface area contributed by atoms with Crippen LogP contribution in [0.5, 0.6) is 0 Å². The fourth-order valence-corrected chi connectivity index (χ4v) is 0.870. The minimum absolute atomic E-state index is 0.0995. The monoisotopic (exact) mass is 138 g/mol. The molecule has 1 heterocycles. The zero-order chi connectivity index (χ0) is 7.56. The van der Waals surface area contributed by atoms with Crippen molar-refractivity contribution in [1.29, 1.82) is 5.26 Å². The summed E-state index contributed by atoms with van der Waals surface area (Å²) in [6.45, 7) is -0.0995. The van der Waals surface area contributed by atoms with Crippen molar-refractivity contribution in [2.45, 2.75) is 12.8 Å². The zero-order valence-corrected chi connectivity index (χ0v) is 5.33. The summed E-state index contributed by atoms with van der Waals surface area (Å²) in [7, 11) is 0. The largest absolute Gasteiger partial charge is 0.274 e. The summed E-state index contributed by atoms with van der Waals surface area (Å²) >= 11 is 0. The average molecular weight is 138 g/mol. The van der Waals surface area contributed by atoms with Crippen LogP contribution in [0.4, 0.5) is 0 Å². The maximum atomic E-state index is 10.7. The van der Waals surface area contributed by atoms with Crippen molar-refractivity contribution in [3.8, 4) is 6.07 Å². The van der Waals surface area contributed by atoms with E-state index in [-0.39, 0.29) is 31.2 Å². The number of likely N-dealkylation sites (tertiary alicyclic amines) is 1. The number of imide groups is 1. The van der Waals surface area contributed by atoms with Gasteiger partial charge in [0.1, 0.15) is 6.54 Å². The second-order valence-electron chi connectivity index (χ2n) is 2.03. The molecule has 4 nitrogen and oxygen atoms in total. The minimum Gasteiger partial charge on any atom is -0.274 e. The third-order valence-corrected chi connectivity index (χ3v) is 1.38. The number of carbonyl (C=O) groups excluding carboxylic acids is 2. The fraction of sp³-hybridized carbons (Fsp3) is 0.500. The van der Waals surface area contributed by atoms with E-state index in [0.29, 0.717) is 0 Å². The van der Waals surface area contributed by atoms with E-state index in [1.54, 1.807) is 6.07 Å². The van der Waals surface area contributed by atoms with Gasteiger partial charge in [0.2, 0.25) is 11.8 Å². The number of nitrogens with zero attached hydrogens (tertiary/aromatic N) is 2. The molecule has 0 aliphatic carbocycles. The standard InChI is InChI=1S/C6H6N2O2/c7-3-4-8-5(9)1-2-6(8)10/h1-2,4H2. The maximum absolute atomic E-state index is 10.7. The molecule has 0 bridgehead atoms. The second-order valence-corrected chi connectivity index (χ2v) is 2.03. The van der Waals surface area contributed by atoms with Crippen LogP contribution in [0.25, 0.3) is 0 Å². The van der Waals surface area contributed by atoms with Gasteiger partial charge in [-0.25, -0.2) is 0 Å². The Kier molecular flexibility index (Phi) is 1.67. The third-order valence-electron chi connectivity index (χ3n) is 1.38. The van der Waals surface area contributed by atoms with Crippen molar-refractivity contribution in [2.24, 2.45) is 0 Å². The summed E-state index contributed by atoms with van der Waals surface area (Å²) < 4.78 is 0. The number of nitriles is 1.